The van der Waals surface area contributed by atoms with Gasteiger partial charge >= 0.3 is 0 Å². The molecule has 0 N–H and O–H groups in total. The Hall–Kier alpha value is -11.1. The summed E-state index contributed by atoms with van der Waals surface area (Å²) in [5.74, 6) is 2.00. The highest BCUT2D eigenvalue weighted by molar-refractivity contribution is 7.44. The van der Waals surface area contributed by atoms with Crippen molar-refractivity contribution in [3.8, 4) is 46.0 Å². The van der Waals surface area contributed by atoms with Crippen LogP contribution >= 0.6 is 22.7 Å². The van der Waals surface area contributed by atoms with E-state index < -0.39 is 30.0 Å². The van der Waals surface area contributed by atoms with Crippen molar-refractivity contribution >= 4 is 163 Å². The highest BCUT2D eigenvalue weighted by Crippen LogP contribution is 2.53. The fourth-order valence-corrected chi connectivity index (χ4v) is 18.0. The second-order valence-electron chi connectivity index (χ2n) is 24.0. The molecule has 0 bridgehead atoms. The largest absolute Gasteiger partial charge is 0.458 e. The third-order valence-corrected chi connectivity index (χ3v) is 21.4. The van der Waals surface area contributed by atoms with Crippen molar-refractivity contribution in [3.63, 3.8) is 0 Å². The molecule has 0 atom stereocenters. The van der Waals surface area contributed by atoms with Crippen molar-refractivity contribution in [2.75, 3.05) is 38.6 Å². The molecule has 0 saturated carbocycles. The first-order chi connectivity index (χ1) is 46.1. The van der Waals surface area contributed by atoms with Crippen LogP contribution in [0.1, 0.15) is 0 Å². The minimum atomic E-state index is -0.731. The molecule has 8 heterocycles. The molecule has 0 spiro atoms. The Morgan fingerprint density at radius 3 is 1.10 bits per heavy atom. The van der Waals surface area contributed by atoms with Gasteiger partial charge < -0.3 is 43.4 Å². The van der Waals surface area contributed by atoms with Gasteiger partial charge in [0.15, 0.2) is 11.5 Å². The maximum atomic E-state index is 16.4. The van der Waals surface area contributed by atoms with Crippen LogP contribution in [0.2, 0.25) is 0 Å². The number of halogens is 4. The molecule has 6 aliphatic rings. The van der Waals surface area contributed by atoms with E-state index in [-0.39, 0.29) is 24.8 Å². The Morgan fingerprint density at radius 1 is 0.309 bits per heavy atom. The van der Waals surface area contributed by atoms with Crippen molar-refractivity contribution in [1.82, 2.24) is 0 Å². The fraction of sp³-hybridized carbons (Fsp3) is 0.0263. The molecule has 6 aliphatic heterocycles. The highest BCUT2D eigenvalue weighted by atomic mass is 32.1. The zero-order chi connectivity index (χ0) is 62.8. The van der Waals surface area contributed by atoms with Gasteiger partial charge in [-0.1, -0.05) is 121 Å². The Balaban J connectivity index is 0.853. The van der Waals surface area contributed by atoms with Crippen LogP contribution in [0, 0.1) is 23.3 Å². The molecule has 19 rings (SSSR count). The predicted molar refractivity (Wildman–Crippen MR) is 375 cm³/mol. The molecule has 94 heavy (non-hydrogen) atoms. The summed E-state index contributed by atoms with van der Waals surface area (Å²) in [6.45, 7) is -1.14. The van der Waals surface area contributed by atoms with E-state index in [4.69, 9.17) is 18.9 Å². The number of fused-ring (bicyclic) bond motifs is 14. The predicted octanol–water partition coefficient (Wildman–Crippen LogP) is 14.9. The zero-order valence-electron chi connectivity index (χ0n) is 50.0. The van der Waals surface area contributed by atoms with Gasteiger partial charge in [0, 0.05) is 97.1 Å². The number of rotatable bonds is 9. The molecule has 0 saturated heterocycles. The fourth-order valence-electron chi connectivity index (χ4n) is 14.9. The molecular formula is C76H46B3F4N5O4S2. The van der Waals surface area contributed by atoms with Gasteiger partial charge in [-0.3, -0.25) is 0 Å². The van der Waals surface area contributed by atoms with Crippen molar-refractivity contribution in [2.45, 2.75) is 0 Å². The number of nitrogens with zero attached hydrogens (tertiary/aromatic N) is 5. The molecule has 11 aromatic carbocycles. The minimum absolute atomic E-state index is 0.218. The van der Waals surface area contributed by atoms with Crippen LogP contribution in [-0.4, -0.2) is 34.2 Å². The topological polar surface area (TPSA) is 53.1 Å². The van der Waals surface area contributed by atoms with Crippen LogP contribution in [0.3, 0.4) is 0 Å². The van der Waals surface area contributed by atoms with E-state index in [1.54, 1.807) is 32.5 Å². The summed E-state index contributed by atoms with van der Waals surface area (Å²) >= 11 is 3.44. The van der Waals surface area contributed by atoms with E-state index >= 15 is 17.6 Å². The third-order valence-electron chi connectivity index (χ3n) is 18.9. The number of hydrogen-bond donors (Lipinski definition) is 0. The van der Waals surface area contributed by atoms with Gasteiger partial charge in [-0.2, -0.15) is 22.7 Å². The van der Waals surface area contributed by atoms with Crippen LogP contribution in [0.15, 0.2) is 243 Å². The van der Waals surface area contributed by atoms with Gasteiger partial charge in [-0.15, -0.1) is 0 Å². The Bertz CT molecular complexity index is 5260. The van der Waals surface area contributed by atoms with Gasteiger partial charge in [0.05, 0.1) is 28.4 Å². The van der Waals surface area contributed by atoms with Gasteiger partial charge in [0.25, 0.3) is 20.1 Å². The first-order valence-corrected chi connectivity index (χ1v) is 32.5. The lowest BCUT2D eigenvalue weighted by Crippen LogP contribution is -2.59. The number of ether oxygens (including phenoxy) is 4. The molecule has 0 fully saturated rings. The molecule has 0 amide bonds. The number of thiophene rings is 2. The van der Waals surface area contributed by atoms with Crippen LogP contribution < -0.4 is 89.9 Å². The summed E-state index contributed by atoms with van der Waals surface area (Å²) in [4.78, 5) is 9.85. The second kappa shape index (κ2) is 20.7. The standard InChI is InChI=1S/C76H46B3F4N5O4S2/c1-84-56-38-48(87(45-25-11-5-12-26-45)67-52(80)31-19-32-53(67)81)40-60-64(56)77(50-29-15-17-35-58(50)89-60)73-69(84)72-76(93-73)79-65-57(37-47(39-61(65)91-72)86(43-21-7-3-8-22-43)44-23-9-4-10-24-44)85(2)70-71-75(94-74(70)79)78-51-30-16-18-36-59(51)90-62-41-49(42-63(92-71)66(62)78)88(46-27-13-6-14-28-46)68-54(82)33-20-34-55(68)83/h3-42H,1-2H3. The molecule has 0 unspecified atom stereocenters. The number of hydrogen-bond acceptors (Lipinski definition) is 11. The zero-order valence-corrected chi connectivity index (χ0v) is 51.7. The van der Waals surface area contributed by atoms with E-state index in [2.05, 4.69) is 70.3 Å². The number of benzene rings is 11. The van der Waals surface area contributed by atoms with E-state index in [0.29, 0.717) is 68.7 Å². The van der Waals surface area contributed by atoms with E-state index in [9.17, 15) is 0 Å². The van der Waals surface area contributed by atoms with Crippen LogP contribution in [0.4, 0.5) is 91.5 Å². The molecule has 2 aromatic heterocycles. The van der Waals surface area contributed by atoms with Crippen molar-refractivity contribution < 1.29 is 36.5 Å². The molecule has 9 nitrogen and oxygen atoms in total. The second-order valence-corrected chi connectivity index (χ2v) is 26.2. The van der Waals surface area contributed by atoms with Crippen LogP contribution in [-0.2, 0) is 0 Å². The molecule has 0 radical (unpaired) electrons. The summed E-state index contributed by atoms with van der Waals surface area (Å²) < 4.78 is 98.6. The van der Waals surface area contributed by atoms with E-state index in [0.717, 1.165) is 86.2 Å². The van der Waals surface area contributed by atoms with Crippen LogP contribution in [0.25, 0.3) is 0 Å². The Labute approximate surface area is 546 Å². The van der Waals surface area contributed by atoms with E-state index in [1.165, 1.54) is 36.4 Å². The van der Waals surface area contributed by atoms with E-state index in [1.807, 2.05) is 165 Å². The third kappa shape index (κ3) is 7.96. The van der Waals surface area contributed by atoms with Gasteiger partial charge in [0.2, 0.25) is 0 Å². The maximum absolute atomic E-state index is 16.4. The van der Waals surface area contributed by atoms with Crippen molar-refractivity contribution in [2.24, 2.45) is 0 Å². The van der Waals surface area contributed by atoms with Gasteiger partial charge in [0.1, 0.15) is 69.1 Å². The average molecular weight is 1270 g/mol. The lowest BCUT2D eigenvalue weighted by atomic mass is 9.36. The van der Waals surface area contributed by atoms with Gasteiger partial charge in [-0.25, -0.2) is 17.6 Å². The number of anilines is 13. The normalized spacial score (nSPS) is 13.4. The maximum Gasteiger partial charge on any atom is 0.281 e. The quantitative estimate of drug-likeness (QED) is 0.104. The first-order valence-electron chi connectivity index (χ1n) is 30.9. The summed E-state index contributed by atoms with van der Waals surface area (Å²) in [5.41, 5.74) is 12.3. The number of para-hydroxylation sites is 8. The van der Waals surface area contributed by atoms with Crippen LogP contribution in [0.5, 0.6) is 46.0 Å². The highest BCUT2D eigenvalue weighted by Gasteiger charge is 2.54. The summed E-state index contributed by atoms with van der Waals surface area (Å²) in [6, 6.07) is 75.1. The summed E-state index contributed by atoms with van der Waals surface area (Å²) in [6.07, 6.45) is 0. The average Bonchev–Trinajstić information content (AvgIpc) is 1.49. The summed E-state index contributed by atoms with van der Waals surface area (Å²) in [5, 5.41) is 0. The lowest BCUT2D eigenvalue weighted by molar-refractivity contribution is 0.466. The lowest BCUT2D eigenvalue weighted by Gasteiger charge is -2.39. The molecule has 448 valence electrons. The molecule has 18 heteroatoms. The molecule has 0 aliphatic carbocycles. The van der Waals surface area contributed by atoms with Crippen molar-refractivity contribution in [1.29, 1.82) is 0 Å². The minimum Gasteiger partial charge on any atom is -0.458 e. The Kier molecular flexibility index (Phi) is 12.0. The smallest absolute Gasteiger partial charge is 0.281 e. The first kappa shape index (κ1) is 54.7. The Morgan fingerprint density at radius 2 is 0.638 bits per heavy atom. The molecular weight excluding hydrogens is 1220 g/mol. The van der Waals surface area contributed by atoms with Crippen molar-refractivity contribution in [3.05, 3.63) is 266 Å². The molecule has 13 aromatic rings. The van der Waals surface area contributed by atoms with Gasteiger partial charge in [-0.05, 0) is 119 Å². The summed E-state index contributed by atoms with van der Waals surface area (Å²) in [7, 11) is 4.13. The SMILES string of the molecule is CN1c2cc(N(c3ccccc3)c3c(F)cccc3F)cc3c2B(c2ccccc2O3)c2sc3c(c21)Oc1cc(N(c2ccccc2)c2ccccc2)cc2c1B3c1sc3c(c1N2C)Oc1cc(N(c2ccccc2)c2c(F)cccc2F)cc2c1B3c1ccccc1O2. The monoisotopic (exact) mass is 1270 g/mol.